The average molecular weight is 488 g/mol. The average Bonchev–Trinajstić information content (AvgIpc) is 2.92. The number of ether oxygens (including phenoxy) is 2. The number of anilines is 2. The number of carbonyl (C=O) groups excluding carboxylic acids is 2. The van der Waals surface area contributed by atoms with Gasteiger partial charge in [-0.15, -0.1) is 0 Å². The molecule has 0 fully saturated rings. The summed E-state index contributed by atoms with van der Waals surface area (Å²) in [5.41, 5.74) is 4.94. The normalized spacial score (nSPS) is 13.4. The van der Waals surface area contributed by atoms with Crippen LogP contribution < -0.4 is 25.0 Å². The molecular formula is C29H33N3O4. The molecule has 1 aliphatic rings. The van der Waals surface area contributed by atoms with Gasteiger partial charge in [-0.05, 0) is 61.2 Å². The van der Waals surface area contributed by atoms with Crippen molar-refractivity contribution in [2.75, 3.05) is 31.0 Å². The number of carbonyl (C=O) groups is 2. The van der Waals surface area contributed by atoms with E-state index in [-0.39, 0.29) is 17.9 Å². The van der Waals surface area contributed by atoms with Crippen molar-refractivity contribution in [2.24, 2.45) is 0 Å². The van der Waals surface area contributed by atoms with Gasteiger partial charge >= 0.3 is 0 Å². The van der Waals surface area contributed by atoms with Crippen molar-refractivity contribution in [3.8, 4) is 11.5 Å². The Kier molecular flexibility index (Phi) is 7.78. The molecule has 0 saturated carbocycles. The lowest BCUT2D eigenvalue weighted by Crippen LogP contribution is -2.35. The van der Waals surface area contributed by atoms with Crippen LogP contribution in [0.4, 0.5) is 11.4 Å². The fourth-order valence-electron chi connectivity index (χ4n) is 4.32. The monoisotopic (exact) mass is 487 g/mol. The molecule has 1 heterocycles. The molecule has 2 N–H and O–H groups in total. The molecule has 0 saturated heterocycles. The SMILES string of the molecule is CCC(C)NC(=O)c1cc(NC(=O)c2cc(OC)cc(OC)c2)ccc1N1CCc2ccccc2C1. The molecule has 0 aliphatic carbocycles. The number of benzene rings is 3. The number of hydrogen-bond donors (Lipinski definition) is 2. The van der Waals surface area contributed by atoms with Crippen molar-refractivity contribution in [3.63, 3.8) is 0 Å². The summed E-state index contributed by atoms with van der Waals surface area (Å²) in [6, 6.07) is 19.0. The molecule has 3 aromatic carbocycles. The summed E-state index contributed by atoms with van der Waals surface area (Å²) in [4.78, 5) is 28.6. The van der Waals surface area contributed by atoms with Crippen molar-refractivity contribution in [3.05, 3.63) is 82.9 Å². The minimum absolute atomic E-state index is 0.0370. The van der Waals surface area contributed by atoms with Gasteiger partial charge in [-0.2, -0.15) is 0 Å². The molecule has 1 aliphatic heterocycles. The highest BCUT2D eigenvalue weighted by Crippen LogP contribution is 2.30. The number of hydrogen-bond acceptors (Lipinski definition) is 5. The van der Waals surface area contributed by atoms with Gasteiger partial charge in [0.1, 0.15) is 11.5 Å². The van der Waals surface area contributed by atoms with Gasteiger partial charge in [0.2, 0.25) is 0 Å². The van der Waals surface area contributed by atoms with E-state index in [0.717, 1.165) is 31.6 Å². The zero-order valence-corrected chi connectivity index (χ0v) is 21.3. The van der Waals surface area contributed by atoms with Crippen LogP contribution in [0.15, 0.2) is 60.7 Å². The highest BCUT2D eigenvalue weighted by atomic mass is 16.5. The van der Waals surface area contributed by atoms with E-state index < -0.39 is 0 Å². The predicted octanol–water partition coefficient (Wildman–Crippen LogP) is 5.05. The highest BCUT2D eigenvalue weighted by Gasteiger charge is 2.23. The third kappa shape index (κ3) is 5.62. The molecule has 7 nitrogen and oxygen atoms in total. The van der Waals surface area contributed by atoms with Gasteiger partial charge in [-0.3, -0.25) is 9.59 Å². The van der Waals surface area contributed by atoms with Gasteiger partial charge in [0, 0.05) is 42.1 Å². The first-order valence-electron chi connectivity index (χ1n) is 12.2. The highest BCUT2D eigenvalue weighted by molar-refractivity contribution is 6.06. The van der Waals surface area contributed by atoms with E-state index in [4.69, 9.17) is 9.47 Å². The lowest BCUT2D eigenvalue weighted by molar-refractivity contribution is 0.0938. The zero-order valence-electron chi connectivity index (χ0n) is 21.3. The lowest BCUT2D eigenvalue weighted by Gasteiger charge is -2.32. The van der Waals surface area contributed by atoms with Gasteiger partial charge in [0.05, 0.1) is 19.8 Å². The molecule has 1 atom stereocenters. The molecule has 0 bridgehead atoms. The van der Waals surface area contributed by atoms with Crippen LogP contribution in [0.2, 0.25) is 0 Å². The summed E-state index contributed by atoms with van der Waals surface area (Å²) >= 11 is 0. The Morgan fingerprint density at radius 1 is 0.944 bits per heavy atom. The second-order valence-electron chi connectivity index (χ2n) is 9.01. The standard InChI is InChI=1S/C29H33N3O4/c1-5-19(2)30-29(34)26-16-23(31-28(33)22-14-24(35-3)17-25(15-22)36-4)10-11-27(26)32-13-12-20-8-6-7-9-21(20)18-32/h6-11,14-17,19H,5,12-13,18H2,1-4H3,(H,30,34)(H,31,33). The predicted molar refractivity (Wildman–Crippen MR) is 142 cm³/mol. The summed E-state index contributed by atoms with van der Waals surface area (Å²) < 4.78 is 10.6. The maximum Gasteiger partial charge on any atom is 0.255 e. The van der Waals surface area contributed by atoms with E-state index in [0.29, 0.717) is 28.3 Å². The van der Waals surface area contributed by atoms with Gasteiger partial charge < -0.3 is 25.0 Å². The number of methoxy groups -OCH3 is 2. The van der Waals surface area contributed by atoms with Crippen LogP contribution in [0, 0.1) is 0 Å². The maximum absolute atomic E-state index is 13.3. The third-order valence-corrected chi connectivity index (χ3v) is 6.57. The van der Waals surface area contributed by atoms with Crippen molar-refractivity contribution in [1.29, 1.82) is 0 Å². The van der Waals surface area contributed by atoms with Crippen molar-refractivity contribution >= 4 is 23.2 Å². The van der Waals surface area contributed by atoms with E-state index >= 15 is 0 Å². The van der Waals surface area contributed by atoms with Crippen LogP contribution in [0.25, 0.3) is 0 Å². The topological polar surface area (TPSA) is 79.9 Å². The summed E-state index contributed by atoms with van der Waals surface area (Å²) in [6.07, 6.45) is 1.74. The molecule has 0 aromatic heterocycles. The number of amides is 2. The molecular weight excluding hydrogens is 454 g/mol. The van der Waals surface area contributed by atoms with Crippen LogP contribution in [0.3, 0.4) is 0 Å². The molecule has 2 amide bonds. The van der Waals surface area contributed by atoms with Crippen molar-refractivity contribution < 1.29 is 19.1 Å². The summed E-state index contributed by atoms with van der Waals surface area (Å²) in [6.45, 7) is 5.56. The molecule has 7 heteroatoms. The molecule has 36 heavy (non-hydrogen) atoms. The van der Waals surface area contributed by atoms with E-state index in [1.54, 1.807) is 24.3 Å². The fraction of sp³-hybridized carbons (Fsp3) is 0.310. The Balaban J connectivity index is 1.64. The van der Waals surface area contributed by atoms with E-state index in [9.17, 15) is 9.59 Å². The Hall–Kier alpha value is -4.00. The lowest BCUT2D eigenvalue weighted by atomic mass is 9.98. The Labute approximate surface area is 212 Å². The Morgan fingerprint density at radius 3 is 2.31 bits per heavy atom. The van der Waals surface area contributed by atoms with Gasteiger partial charge in [0.15, 0.2) is 0 Å². The Bertz CT molecular complexity index is 1230. The molecule has 4 rings (SSSR count). The molecule has 188 valence electrons. The van der Waals surface area contributed by atoms with Gasteiger partial charge in [-0.1, -0.05) is 31.2 Å². The molecule has 1 unspecified atom stereocenters. The summed E-state index contributed by atoms with van der Waals surface area (Å²) in [5.74, 6) is 0.570. The van der Waals surface area contributed by atoms with Crippen LogP contribution in [0.1, 0.15) is 52.1 Å². The van der Waals surface area contributed by atoms with Crippen molar-refractivity contribution in [2.45, 2.75) is 39.3 Å². The van der Waals surface area contributed by atoms with Crippen LogP contribution >= 0.6 is 0 Å². The van der Waals surface area contributed by atoms with E-state index in [2.05, 4.69) is 33.7 Å². The Morgan fingerprint density at radius 2 is 1.64 bits per heavy atom. The first kappa shape index (κ1) is 25.1. The number of nitrogens with zero attached hydrogens (tertiary/aromatic N) is 1. The van der Waals surface area contributed by atoms with Crippen LogP contribution in [-0.4, -0.2) is 38.6 Å². The van der Waals surface area contributed by atoms with E-state index in [1.807, 2.05) is 32.0 Å². The number of nitrogens with one attached hydrogen (secondary N) is 2. The van der Waals surface area contributed by atoms with Crippen molar-refractivity contribution in [1.82, 2.24) is 5.32 Å². The van der Waals surface area contributed by atoms with Gasteiger partial charge in [-0.25, -0.2) is 0 Å². The second-order valence-corrected chi connectivity index (χ2v) is 9.01. The summed E-state index contributed by atoms with van der Waals surface area (Å²) in [5, 5.41) is 6.00. The maximum atomic E-state index is 13.3. The third-order valence-electron chi connectivity index (χ3n) is 6.57. The largest absolute Gasteiger partial charge is 0.497 e. The minimum Gasteiger partial charge on any atom is -0.497 e. The first-order chi connectivity index (χ1) is 17.4. The smallest absolute Gasteiger partial charge is 0.255 e. The van der Waals surface area contributed by atoms with Crippen LogP contribution in [-0.2, 0) is 13.0 Å². The first-order valence-corrected chi connectivity index (χ1v) is 12.2. The molecule has 0 spiro atoms. The molecule has 0 radical (unpaired) electrons. The minimum atomic E-state index is -0.319. The van der Waals surface area contributed by atoms with Gasteiger partial charge in [0.25, 0.3) is 11.8 Å². The van der Waals surface area contributed by atoms with E-state index in [1.165, 1.54) is 25.3 Å². The quantitative estimate of drug-likeness (QED) is 0.465. The number of fused-ring (bicyclic) bond motifs is 1. The fourth-order valence-corrected chi connectivity index (χ4v) is 4.32. The molecule has 3 aromatic rings. The number of rotatable bonds is 8. The zero-order chi connectivity index (χ0) is 25.7. The summed E-state index contributed by atoms with van der Waals surface area (Å²) in [7, 11) is 3.08. The second kappa shape index (κ2) is 11.2. The van der Waals surface area contributed by atoms with Crippen LogP contribution in [0.5, 0.6) is 11.5 Å².